The maximum atomic E-state index is 5.58. The molecular weight excluding hydrogens is 198 g/mol. The number of nitrogens with zero attached hydrogens (tertiary/aromatic N) is 3. The highest BCUT2D eigenvalue weighted by Crippen LogP contribution is 2.19. The Kier molecular flexibility index (Phi) is 2.93. The van der Waals surface area contributed by atoms with E-state index in [1.165, 1.54) is 12.8 Å². The van der Waals surface area contributed by atoms with Gasteiger partial charge in [-0.1, -0.05) is 11.8 Å². The highest BCUT2D eigenvalue weighted by molar-refractivity contribution is 7.99. The van der Waals surface area contributed by atoms with Gasteiger partial charge in [-0.15, -0.1) is 10.2 Å². The van der Waals surface area contributed by atoms with E-state index in [4.69, 9.17) is 5.73 Å². The highest BCUT2D eigenvalue weighted by atomic mass is 32.2. The van der Waals surface area contributed by atoms with Crippen LogP contribution in [0.5, 0.6) is 0 Å². The molecule has 1 saturated heterocycles. The van der Waals surface area contributed by atoms with E-state index < -0.39 is 0 Å². The van der Waals surface area contributed by atoms with Crippen LogP contribution in [0.25, 0.3) is 0 Å². The molecule has 1 aliphatic rings. The number of nitrogens with one attached hydrogen (secondary N) is 1. The van der Waals surface area contributed by atoms with Crippen molar-refractivity contribution in [3.63, 3.8) is 0 Å². The topological polar surface area (TPSA) is 68.8 Å². The largest absolute Gasteiger partial charge is 0.368 e. The van der Waals surface area contributed by atoms with E-state index in [-0.39, 0.29) is 0 Å². The summed E-state index contributed by atoms with van der Waals surface area (Å²) in [6.45, 7) is 1.15. The van der Waals surface area contributed by atoms with E-state index in [2.05, 4.69) is 15.5 Å². The second-order valence-corrected chi connectivity index (χ2v) is 4.49. The van der Waals surface area contributed by atoms with Crippen molar-refractivity contribution in [1.82, 2.24) is 20.1 Å². The quantitative estimate of drug-likeness (QED) is 0.704. The van der Waals surface area contributed by atoms with Crippen LogP contribution in [0.3, 0.4) is 0 Å². The van der Waals surface area contributed by atoms with Gasteiger partial charge in [-0.05, 0) is 19.4 Å². The lowest BCUT2D eigenvalue weighted by Gasteiger charge is -2.08. The van der Waals surface area contributed by atoms with Crippen molar-refractivity contribution in [1.29, 1.82) is 0 Å². The van der Waals surface area contributed by atoms with Gasteiger partial charge in [0.05, 0.1) is 0 Å². The summed E-state index contributed by atoms with van der Waals surface area (Å²) in [5.41, 5.74) is 5.58. The summed E-state index contributed by atoms with van der Waals surface area (Å²) in [5.74, 6) is 1.53. The molecule has 1 aromatic heterocycles. The monoisotopic (exact) mass is 213 g/mol. The van der Waals surface area contributed by atoms with Crippen LogP contribution in [0.2, 0.25) is 0 Å². The molecule has 6 heteroatoms. The van der Waals surface area contributed by atoms with Crippen molar-refractivity contribution in [2.24, 2.45) is 7.05 Å². The number of hydrogen-bond acceptors (Lipinski definition) is 5. The Morgan fingerprint density at radius 2 is 2.50 bits per heavy atom. The minimum Gasteiger partial charge on any atom is -0.368 e. The standard InChI is InChI=1S/C8H15N5S/c1-13-7(9)11-12-8(13)14-5-6-3-2-4-10-6/h6,10H,2-5H2,1H3,(H2,9,11)/t6-/m1/s1. The predicted octanol–water partition coefficient (Wildman–Crippen LogP) is 0.241. The van der Waals surface area contributed by atoms with Gasteiger partial charge < -0.3 is 11.1 Å². The van der Waals surface area contributed by atoms with Gasteiger partial charge in [0, 0.05) is 18.8 Å². The van der Waals surface area contributed by atoms with Gasteiger partial charge in [-0.3, -0.25) is 4.57 Å². The van der Waals surface area contributed by atoms with Gasteiger partial charge in [0.1, 0.15) is 0 Å². The van der Waals surface area contributed by atoms with Crippen molar-refractivity contribution in [3.05, 3.63) is 0 Å². The Hall–Kier alpha value is -0.750. The van der Waals surface area contributed by atoms with Gasteiger partial charge in [0.15, 0.2) is 5.16 Å². The molecule has 0 spiro atoms. The first kappa shape index (κ1) is 9.79. The number of hydrogen-bond donors (Lipinski definition) is 2. The summed E-state index contributed by atoms with van der Waals surface area (Å²) in [4.78, 5) is 0. The van der Waals surface area contributed by atoms with Crippen molar-refractivity contribution < 1.29 is 0 Å². The second kappa shape index (κ2) is 4.18. The SMILES string of the molecule is Cn1c(N)nnc1SC[C@H]1CCCN1. The molecule has 0 unspecified atom stereocenters. The summed E-state index contributed by atoms with van der Waals surface area (Å²) in [7, 11) is 1.89. The fourth-order valence-corrected chi connectivity index (χ4v) is 2.55. The van der Waals surface area contributed by atoms with Gasteiger partial charge >= 0.3 is 0 Å². The third-order valence-electron chi connectivity index (χ3n) is 2.44. The Labute approximate surface area is 87.5 Å². The van der Waals surface area contributed by atoms with E-state index >= 15 is 0 Å². The molecule has 0 aromatic carbocycles. The van der Waals surface area contributed by atoms with Gasteiger partial charge in [-0.25, -0.2) is 0 Å². The van der Waals surface area contributed by atoms with E-state index in [0.717, 1.165) is 17.5 Å². The highest BCUT2D eigenvalue weighted by Gasteiger charge is 2.15. The minimum absolute atomic E-state index is 0.479. The Morgan fingerprint density at radius 1 is 1.64 bits per heavy atom. The summed E-state index contributed by atoms with van der Waals surface area (Å²) in [5, 5.41) is 12.2. The number of nitrogens with two attached hydrogens (primary N) is 1. The predicted molar refractivity (Wildman–Crippen MR) is 57.2 cm³/mol. The molecule has 5 nitrogen and oxygen atoms in total. The lowest BCUT2D eigenvalue weighted by molar-refractivity contribution is 0.671. The summed E-state index contributed by atoms with van der Waals surface area (Å²) in [6, 6.07) is 0.623. The average Bonchev–Trinajstić information content (AvgIpc) is 2.77. The first-order valence-corrected chi connectivity index (χ1v) is 5.77. The molecule has 2 rings (SSSR count). The van der Waals surface area contributed by atoms with Crippen LogP contribution in [0.15, 0.2) is 5.16 Å². The maximum Gasteiger partial charge on any atom is 0.222 e. The molecule has 78 valence electrons. The van der Waals surface area contributed by atoms with Crippen molar-refractivity contribution in [2.45, 2.75) is 24.0 Å². The molecule has 1 aromatic rings. The Balaban J connectivity index is 1.88. The fourth-order valence-electron chi connectivity index (χ4n) is 1.53. The molecule has 1 aliphatic heterocycles. The molecule has 0 amide bonds. The molecule has 0 aliphatic carbocycles. The first-order valence-electron chi connectivity index (χ1n) is 4.78. The van der Waals surface area contributed by atoms with Crippen molar-refractivity contribution >= 4 is 17.7 Å². The molecule has 0 saturated carbocycles. The van der Waals surface area contributed by atoms with Crippen LogP contribution in [0.1, 0.15) is 12.8 Å². The van der Waals surface area contributed by atoms with Crippen LogP contribution >= 0.6 is 11.8 Å². The summed E-state index contributed by atoms with van der Waals surface area (Å²) in [6.07, 6.45) is 2.55. The normalized spacial score (nSPS) is 21.6. The average molecular weight is 213 g/mol. The maximum absolute atomic E-state index is 5.58. The summed E-state index contributed by atoms with van der Waals surface area (Å²) >= 11 is 1.71. The smallest absolute Gasteiger partial charge is 0.222 e. The third kappa shape index (κ3) is 2.01. The first-order chi connectivity index (χ1) is 6.77. The summed E-state index contributed by atoms with van der Waals surface area (Å²) < 4.78 is 1.82. The Morgan fingerprint density at radius 3 is 3.07 bits per heavy atom. The number of thioether (sulfide) groups is 1. The number of aromatic nitrogens is 3. The minimum atomic E-state index is 0.479. The zero-order valence-electron chi connectivity index (χ0n) is 8.23. The van der Waals surface area contributed by atoms with E-state index in [9.17, 15) is 0 Å². The number of rotatable bonds is 3. The molecule has 1 fully saturated rings. The lowest BCUT2D eigenvalue weighted by Crippen LogP contribution is -2.23. The number of nitrogen functional groups attached to an aromatic ring is 1. The number of anilines is 1. The molecular formula is C8H15N5S. The Bertz CT molecular complexity index is 305. The van der Waals surface area contributed by atoms with Gasteiger partial charge in [-0.2, -0.15) is 0 Å². The van der Waals surface area contributed by atoms with E-state index in [1.807, 2.05) is 11.6 Å². The molecule has 0 radical (unpaired) electrons. The zero-order chi connectivity index (χ0) is 9.97. The van der Waals surface area contributed by atoms with Crippen LogP contribution in [0.4, 0.5) is 5.95 Å². The second-order valence-electron chi connectivity index (χ2n) is 3.50. The fraction of sp³-hybridized carbons (Fsp3) is 0.750. The van der Waals surface area contributed by atoms with E-state index in [1.54, 1.807) is 11.8 Å². The molecule has 3 N–H and O–H groups in total. The third-order valence-corrected chi connectivity index (χ3v) is 3.63. The van der Waals surface area contributed by atoms with Crippen molar-refractivity contribution in [2.75, 3.05) is 18.0 Å². The van der Waals surface area contributed by atoms with Crippen LogP contribution < -0.4 is 11.1 Å². The van der Waals surface area contributed by atoms with Crippen LogP contribution in [-0.4, -0.2) is 33.1 Å². The molecule has 1 atom stereocenters. The molecule has 2 heterocycles. The van der Waals surface area contributed by atoms with Crippen LogP contribution in [0, 0.1) is 0 Å². The molecule has 14 heavy (non-hydrogen) atoms. The van der Waals surface area contributed by atoms with Gasteiger partial charge in [0.2, 0.25) is 5.95 Å². The zero-order valence-corrected chi connectivity index (χ0v) is 9.05. The van der Waals surface area contributed by atoms with Crippen LogP contribution in [-0.2, 0) is 7.05 Å². The van der Waals surface area contributed by atoms with Gasteiger partial charge in [0.25, 0.3) is 0 Å². The van der Waals surface area contributed by atoms with Crippen molar-refractivity contribution in [3.8, 4) is 0 Å². The molecule has 0 bridgehead atoms. The van der Waals surface area contributed by atoms with E-state index in [0.29, 0.717) is 12.0 Å². The lowest BCUT2D eigenvalue weighted by atomic mass is 10.3.